The maximum Gasteiger partial charge on any atom is 0.0558 e. The van der Waals surface area contributed by atoms with Crippen molar-refractivity contribution in [2.45, 2.75) is 19.8 Å². The number of nitrogens with zero attached hydrogens (tertiary/aromatic N) is 1. The smallest absolute Gasteiger partial charge is 0.0558 e. The van der Waals surface area contributed by atoms with E-state index in [1.807, 2.05) is 6.08 Å². The molecule has 0 saturated heterocycles. The Morgan fingerprint density at radius 3 is 2.71 bits per heavy atom. The molecule has 0 aromatic heterocycles. The third-order valence-electron chi connectivity index (χ3n) is 2.13. The van der Waals surface area contributed by atoms with Crippen LogP contribution in [0.3, 0.4) is 0 Å². The fourth-order valence-electron chi connectivity index (χ4n) is 1.38. The van der Waals surface area contributed by atoms with Crippen LogP contribution in [0.5, 0.6) is 0 Å². The van der Waals surface area contributed by atoms with Crippen molar-refractivity contribution in [3.05, 3.63) is 12.7 Å². The van der Waals surface area contributed by atoms with Crippen LogP contribution in [0.2, 0.25) is 0 Å². The number of nitrogens with one attached hydrogen (secondary N) is 1. The second-order valence-corrected chi connectivity index (χ2v) is 3.37. The highest BCUT2D eigenvalue weighted by Crippen LogP contribution is 1.94. The molecule has 0 radical (unpaired) electrons. The number of hydrogen-bond donors (Lipinski definition) is 2. The van der Waals surface area contributed by atoms with Gasteiger partial charge in [0.25, 0.3) is 0 Å². The van der Waals surface area contributed by atoms with E-state index in [2.05, 4.69) is 23.7 Å². The normalized spacial score (nSPS) is 10.8. The number of rotatable bonds is 10. The van der Waals surface area contributed by atoms with Gasteiger partial charge in [-0.15, -0.1) is 6.58 Å². The molecule has 0 aliphatic heterocycles. The van der Waals surface area contributed by atoms with Crippen LogP contribution in [0.15, 0.2) is 12.7 Å². The van der Waals surface area contributed by atoms with E-state index in [-0.39, 0.29) is 6.61 Å². The van der Waals surface area contributed by atoms with E-state index in [0.717, 1.165) is 32.7 Å². The van der Waals surface area contributed by atoms with Crippen molar-refractivity contribution in [3.63, 3.8) is 0 Å². The van der Waals surface area contributed by atoms with Gasteiger partial charge in [0.05, 0.1) is 6.61 Å². The molecule has 0 saturated carbocycles. The highest BCUT2D eigenvalue weighted by atomic mass is 16.3. The van der Waals surface area contributed by atoms with Crippen molar-refractivity contribution in [2.24, 2.45) is 0 Å². The summed E-state index contributed by atoms with van der Waals surface area (Å²) < 4.78 is 0. The minimum atomic E-state index is 0.237. The number of aliphatic hydroxyl groups is 1. The predicted octanol–water partition coefficient (Wildman–Crippen LogP) is 0.856. The summed E-state index contributed by atoms with van der Waals surface area (Å²) in [5, 5.41) is 12.1. The molecule has 0 spiro atoms. The lowest BCUT2D eigenvalue weighted by molar-refractivity contribution is 0.206. The van der Waals surface area contributed by atoms with Crippen LogP contribution >= 0.6 is 0 Å². The lowest BCUT2D eigenvalue weighted by Crippen LogP contribution is -2.28. The Morgan fingerprint density at radius 2 is 2.14 bits per heavy atom. The van der Waals surface area contributed by atoms with Crippen LogP contribution in [-0.2, 0) is 0 Å². The summed E-state index contributed by atoms with van der Waals surface area (Å²) in [4.78, 5) is 2.22. The van der Waals surface area contributed by atoms with Gasteiger partial charge in [-0.25, -0.2) is 0 Å². The molecule has 0 aromatic carbocycles. The fraction of sp³-hybridized carbons (Fsp3) is 0.818. The topological polar surface area (TPSA) is 35.5 Å². The Balaban J connectivity index is 3.35. The van der Waals surface area contributed by atoms with E-state index in [9.17, 15) is 0 Å². The van der Waals surface area contributed by atoms with Crippen LogP contribution in [-0.4, -0.2) is 49.3 Å². The monoisotopic (exact) mass is 200 g/mol. The molecule has 0 heterocycles. The molecule has 14 heavy (non-hydrogen) atoms. The largest absolute Gasteiger partial charge is 0.395 e. The van der Waals surface area contributed by atoms with Crippen LogP contribution in [0.1, 0.15) is 19.8 Å². The Morgan fingerprint density at radius 1 is 1.36 bits per heavy atom. The van der Waals surface area contributed by atoms with E-state index in [0.29, 0.717) is 0 Å². The second kappa shape index (κ2) is 10.7. The molecule has 3 nitrogen and oxygen atoms in total. The summed E-state index contributed by atoms with van der Waals surface area (Å²) in [6, 6.07) is 0. The first-order chi connectivity index (χ1) is 6.85. The van der Waals surface area contributed by atoms with Gasteiger partial charge in [-0.2, -0.15) is 0 Å². The second-order valence-electron chi connectivity index (χ2n) is 3.37. The van der Waals surface area contributed by atoms with Gasteiger partial charge in [-0.1, -0.05) is 13.0 Å². The van der Waals surface area contributed by atoms with E-state index in [1.54, 1.807) is 0 Å². The van der Waals surface area contributed by atoms with E-state index in [1.165, 1.54) is 12.8 Å². The molecule has 3 heteroatoms. The Labute approximate surface area is 87.8 Å². The standard InChI is InChI=1S/C11H24N2O/c1-3-8-13(10-11-14)9-6-5-7-12-4-2/h3,12,14H,1,4-11H2,2H3. The summed E-state index contributed by atoms with van der Waals surface area (Å²) in [5.41, 5.74) is 0. The molecule has 0 aromatic rings. The van der Waals surface area contributed by atoms with Gasteiger partial charge in [0.15, 0.2) is 0 Å². The Kier molecular flexibility index (Phi) is 10.4. The number of aliphatic hydroxyl groups excluding tert-OH is 1. The molecule has 0 amide bonds. The average Bonchev–Trinajstić information content (AvgIpc) is 2.18. The maximum absolute atomic E-state index is 8.82. The molecule has 2 N–H and O–H groups in total. The van der Waals surface area contributed by atoms with Gasteiger partial charge in [0.1, 0.15) is 0 Å². The zero-order chi connectivity index (χ0) is 10.6. The molecule has 0 unspecified atom stereocenters. The molecule has 0 atom stereocenters. The van der Waals surface area contributed by atoms with Crippen molar-refractivity contribution in [1.82, 2.24) is 10.2 Å². The average molecular weight is 200 g/mol. The highest BCUT2D eigenvalue weighted by Gasteiger charge is 2.00. The van der Waals surface area contributed by atoms with E-state index >= 15 is 0 Å². The third kappa shape index (κ3) is 8.23. The molecular formula is C11H24N2O. The summed E-state index contributed by atoms with van der Waals surface area (Å²) in [5.74, 6) is 0. The predicted molar refractivity (Wildman–Crippen MR) is 61.5 cm³/mol. The molecule has 0 aliphatic rings. The van der Waals surface area contributed by atoms with Gasteiger partial charge >= 0.3 is 0 Å². The number of hydrogen-bond acceptors (Lipinski definition) is 3. The summed E-state index contributed by atoms with van der Waals surface area (Å²) >= 11 is 0. The van der Waals surface area contributed by atoms with E-state index < -0.39 is 0 Å². The first-order valence-corrected chi connectivity index (χ1v) is 5.50. The van der Waals surface area contributed by atoms with Crippen molar-refractivity contribution < 1.29 is 5.11 Å². The SMILES string of the molecule is C=CCN(CCO)CCCCNCC. The quantitative estimate of drug-likeness (QED) is 0.405. The maximum atomic E-state index is 8.82. The van der Waals surface area contributed by atoms with Gasteiger partial charge in [0.2, 0.25) is 0 Å². The third-order valence-corrected chi connectivity index (χ3v) is 2.13. The van der Waals surface area contributed by atoms with Gasteiger partial charge in [-0.3, -0.25) is 4.90 Å². The first kappa shape index (κ1) is 13.6. The van der Waals surface area contributed by atoms with Gasteiger partial charge in [0, 0.05) is 13.1 Å². The Bertz CT molecular complexity index is 128. The van der Waals surface area contributed by atoms with Crippen LogP contribution < -0.4 is 5.32 Å². The van der Waals surface area contributed by atoms with Crippen LogP contribution in [0.25, 0.3) is 0 Å². The number of unbranched alkanes of at least 4 members (excludes halogenated alkanes) is 1. The molecule has 0 bridgehead atoms. The van der Waals surface area contributed by atoms with Crippen molar-refractivity contribution >= 4 is 0 Å². The van der Waals surface area contributed by atoms with Gasteiger partial charge < -0.3 is 10.4 Å². The summed E-state index contributed by atoms with van der Waals surface area (Å²) in [7, 11) is 0. The minimum absolute atomic E-state index is 0.237. The molecule has 84 valence electrons. The molecular weight excluding hydrogens is 176 g/mol. The molecule has 0 rings (SSSR count). The molecule has 0 fully saturated rings. The van der Waals surface area contributed by atoms with Crippen LogP contribution in [0.4, 0.5) is 0 Å². The van der Waals surface area contributed by atoms with E-state index in [4.69, 9.17) is 5.11 Å². The van der Waals surface area contributed by atoms with Crippen LogP contribution in [0, 0.1) is 0 Å². The zero-order valence-corrected chi connectivity index (χ0v) is 9.34. The molecule has 0 aliphatic carbocycles. The van der Waals surface area contributed by atoms with Crippen molar-refractivity contribution in [3.8, 4) is 0 Å². The van der Waals surface area contributed by atoms with Crippen molar-refractivity contribution in [2.75, 3.05) is 39.3 Å². The lowest BCUT2D eigenvalue weighted by atomic mass is 10.3. The summed E-state index contributed by atoms with van der Waals surface area (Å²) in [6.45, 7) is 10.9. The zero-order valence-electron chi connectivity index (χ0n) is 9.34. The lowest BCUT2D eigenvalue weighted by Gasteiger charge is -2.18. The minimum Gasteiger partial charge on any atom is -0.395 e. The fourth-order valence-corrected chi connectivity index (χ4v) is 1.38. The first-order valence-electron chi connectivity index (χ1n) is 5.50. The Hall–Kier alpha value is -0.380. The van der Waals surface area contributed by atoms with Crippen molar-refractivity contribution in [1.29, 1.82) is 0 Å². The van der Waals surface area contributed by atoms with Gasteiger partial charge in [-0.05, 0) is 32.5 Å². The highest BCUT2D eigenvalue weighted by molar-refractivity contribution is 4.73. The summed E-state index contributed by atoms with van der Waals surface area (Å²) in [6.07, 6.45) is 4.27.